The molecule has 3 N–H and O–H groups in total. The van der Waals surface area contributed by atoms with Gasteiger partial charge in [-0.3, -0.25) is 0 Å². The maximum atomic E-state index is 9.87. The van der Waals surface area contributed by atoms with Crippen molar-refractivity contribution in [3.8, 4) is 0 Å². The Labute approximate surface area is 142 Å². The molecule has 2 unspecified atom stereocenters. The lowest BCUT2D eigenvalue weighted by atomic mass is 9.72. The maximum absolute atomic E-state index is 9.87. The third-order valence-electron chi connectivity index (χ3n) is 5.88. The summed E-state index contributed by atoms with van der Waals surface area (Å²) < 4.78 is 5.54. The van der Waals surface area contributed by atoms with Crippen molar-refractivity contribution in [1.29, 1.82) is 0 Å². The predicted octanol–water partition coefficient (Wildman–Crippen LogP) is 0.476. The van der Waals surface area contributed by atoms with Gasteiger partial charge in [0.2, 0.25) is 5.95 Å². The Morgan fingerprint density at radius 1 is 1.42 bits per heavy atom. The molecular formula is C17H27N5O2. The van der Waals surface area contributed by atoms with Crippen LogP contribution in [-0.2, 0) is 4.74 Å². The van der Waals surface area contributed by atoms with Crippen LogP contribution in [0.5, 0.6) is 0 Å². The first-order valence-corrected chi connectivity index (χ1v) is 9.03. The quantitative estimate of drug-likeness (QED) is 0.739. The first-order valence-electron chi connectivity index (χ1n) is 9.03. The second-order valence-electron chi connectivity index (χ2n) is 7.31. The van der Waals surface area contributed by atoms with Gasteiger partial charge in [-0.05, 0) is 37.3 Å². The van der Waals surface area contributed by atoms with Gasteiger partial charge in [0.1, 0.15) is 5.82 Å². The van der Waals surface area contributed by atoms with Crippen molar-refractivity contribution in [2.45, 2.75) is 25.3 Å². The summed E-state index contributed by atoms with van der Waals surface area (Å²) in [5.41, 5.74) is 0.168. The summed E-state index contributed by atoms with van der Waals surface area (Å²) in [6.07, 6.45) is 4.99. The minimum Gasteiger partial charge on any atom is -0.396 e. The van der Waals surface area contributed by atoms with Crippen molar-refractivity contribution >= 4 is 11.8 Å². The fourth-order valence-electron chi connectivity index (χ4n) is 4.36. The van der Waals surface area contributed by atoms with Crippen LogP contribution in [0.3, 0.4) is 0 Å². The van der Waals surface area contributed by atoms with Gasteiger partial charge in [-0.1, -0.05) is 0 Å². The highest BCUT2D eigenvalue weighted by atomic mass is 16.5. The largest absolute Gasteiger partial charge is 0.396 e. The van der Waals surface area contributed by atoms with Gasteiger partial charge >= 0.3 is 0 Å². The lowest BCUT2D eigenvalue weighted by molar-refractivity contribution is -0.00934. The molecule has 7 heteroatoms. The third-order valence-corrected chi connectivity index (χ3v) is 5.88. The number of aromatic nitrogens is 2. The number of ether oxygens (including phenoxy) is 1. The minimum atomic E-state index is 0.168. The molecule has 4 rings (SSSR count). The monoisotopic (exact) mass is 333 g/mol. The van der Waals surface area contributed by atoms with Crippen molar-refractivity contribution < 1.29 is 9.84 Å². The molecule has 1 aromatic rings. The van der Waals surface area contributed by atoms with E-state index in [-0.39, 0.29) is 12.0 Å². The number of hydrogen-bond donors (Lipinski definition) is 3. The standard InChI is InChI=1S/C17H27N5O2/c23-11-13-10-22(12-17(13)3-7-24-8-4-17)15-2-6-19-16(21-15)20-14-1-5-18-9-14/h2,6,13-14,18,23H,1,3-5,7-12H2,(H,19,20,21). The molecule has 132 valence electrons. The van der Waals surface area contributed by atoms with Crippen LogP contribution in [0.2, 0.25) is 0 Å². The Morgan fingerprint density at radius 3 is 3.04 bits per heavy atom. The number of nitrogens with one attached hydrogen (secondary N) is 2. The van der Waals surface area contributed by atoms with E-state index in [1.807, 2.05) is 12.3 Å². The maximum Gasteiger partial charge on any atom is 0.224 e. The molecule has 0 bridgehead atoms. The van der Waals surface area contributed by atoms with E-state index in [1.54, 1.807) is 0 Å². The highest BCUT2D eigenvalue weighted by Crippen LogP contribution is 2.45. The van der Waals surface area contributed by atoms with Gasteiger partial charge in [-0.15, -0.1) is 0 Å². The third kappa shape index (κ3) is 3.08. The summed E-state index contributed by atoms with van der Waals surface area (Å²) in [5.74, 6) is 1.96. The fourth-order valence-corrected chi connectivity index (χ4v) is 4.36. The summed E-state index contributed by atoms with van der Waals surface area (Å²) >= 11 is 0. The van der Waals surface area contributed by atoms with Crippen LogP contribution in [-0.4, -0.2) is 67.1 Å². The molecule has 3 aliphatic heterocycles. The van der Waals surface area contributed by atoms with Crippen molar-refractivity contribution in [1.82, 2.24) is 15.3 Å². The van der Waals surface area contributed by atoms with Crippen LogP contribution in [0.4, 0.5) is 11.8 Å². The van der Waals surface area contributed by atoms with Gasteiger partial charge < -0.3 is 25.4 Å². The molecule has 7 nitrogen and oxygen atoms in total. The van der Waals surface area contributed by atoms with Crippen molar-refractivity contribution in [2.24, 2.45) is 11.3 Å². The molecule has 2 atom stereocenters. The number of anilines is 2. The Hall–Kier alpha value is -1.44. The Morgan fingerprint density at radius 2 is 2.29 bits per heavy atom. The second kappa shape index (κ2) is 6.82. The number of rotatable bonds is 4. The van der Waals surface area contributed by atoms with Crippen LogP contribution in [0.25, 0.3) is 0 Å². The van der Waals surface area contributed by atoms with Gasteiger partial charge in [0, 0.05) is 57.6 Å². The van der Waals surface area contributed by atoms with Crippen LogP contribution in [0.15, 0.2) is 12.3 Å². The SMILES string of the molecule is OCC1CN(c2ccnc(NC3CCNC3)n2)CC12CCOCC2. The van der Waals surface area contributed by atoms with Gasteiger partial charge in [-0.25, -0.2) is 4.98 Å². The molecule has 4 heterocycles. The van der Waals surface area contributed by atoms with E-state index in [9.17, 15) is 5.11 Å². The molecule has 3 aliphatic rings. The van der Waals surface area contributed by atoms with E-state index in [2.05, 4.69) is 20.5 Å². The zero-order valence-electron chi connectivity index (χ0n) is 14.1. The van der Waals surface area contributed by atoms with Gasteiger partial charge in [-0.2, -0.15) is 4.98 Å². The van der Waals surface area contributed by atoms with E-state index in [1.165, 1.54) is 0 Å². The normalized spacial score (nSPS) is 29.3. The molecule has 0 saturated carbocycles. The average molecular weight is 333 g/mol. The zero-order chi connectivity index (χ0) is 16.4. The van der Waals surface area contributed by atoms with Crippen LogP contribution in [0, 0.1) is 11.3 Å². The number of aliphatic hydroxyl groups is 1. The smallest absolute Gasteiger partial charge is 0.224 e. The minimum absolute atomic E-state index is 0.168. The molecule has 3 saturated heterocycles. The summed E-state index contributed by atoms with van der Waals surface area (Å²) in [4.78, 5) is 11.4. The van der Waals surface area contributed by atoms with Crippen LogP contribution < -0.4 is 15.5 Å². The molecule has 0 aromatic carbocycles. The molecule has 0 aliphatic carbocycles. The number of aliphatic hydroxyl groups excluding tert-OH is 1. The van der Waals surface area contributed by atoms with Crippen molar-refractivity contribution in [3.05, 3.63) is 12.3 Å². The molecular weight excluding hydrogens is 306 g/mol. The Kier molecular flexibility index (Phi) is 4.56. The molecule has 1 aromatic heterocycles. The molecule has 0 radical (unpaired) electrons. The molecule has 24 heavy (non-hydrogen) atoms. The van der Waals surface area contributed by atoms with Crippen LogP contribution in [0.1, 0.15) is 19.3 Å². The predicted molar refractivity (Wildman–Crippen MR) is 92.2 cm³/mol. The topological polar surface area (TPSA) is 82.5 Å². The summed E-state index contributed by atoms with van der Waals surface area (Å²) in [7, 11) is 0. The van der Waals surface area contributed by atoms with E-state index in [0.29, 0.717) is 17.9 Å². The first kappa shape index (κ1) is 16.1. The Balaban J connectivity index is 1.49. The summed E-state index contributed by atoms with van der Waals surface area (Å²) in [5, 5.41) is 16.6. The van der Waals surface area contributed by atoms with E-state index in [4.69, 9.17) is 9.72 Å². The zero-order valence-corrected chi connectivity index (χ0v) is 14.1. The first-order chi connectivity index (χ1) is 11.8. The second-order valence-corrected chi connectivity index (χ2v) is 7.31. The van der Waals surface area contributed by atoms with Crippen molar-refractivity contribution in [2.75, 3.05) is 56.2 Å². The fraction of sp³-hybridized carbons (Fsp3) is 0.765. The van der Waals surface area contributed by atoms with Gasteiger partial charge in [0.25, 0.3) is 0 Å². The highest BCUT2D eigenvalue weighted by Gasteiger charge is 2.47. The van der Waals surface area contributed by atoms with Crippen LogP contribution >= 0.6 is 0 Å². The van der Waals surface area contributed by atoms with E-state index in [0.717, 1.165) is 64.5 Å². The van der Waals surface area contributed by atoms with Crippen molar-refractivity contribution in [3.63, 3.8) is 0 Å². The molecule has 3 fully saturated rings. The number of hydrogen-bond acceptors (Lipinski definition) is 7. The molecule has 1 spiro atoms. The Bertz CT molecular complexity index is 558. The lowest BCUT2D eigenvalue weighted by Crippen LogP contribution is -2.38. The highest BCUT2D eigenvalue weighted by molar-refractivity contribution is 5.45. The lowest BCUT2D eigenvalue weighted by Gasteiger charge is -2.37. The van der Waals surface area contributed by atoms with Gasteiger partial charge in [0.05, 0.1) is 0 Å². The average Bonchev–Trinajstić information content (AvgIpc) is 3.24. The van der Waals surface area contributed by atoms with E-state index < -0.39 is 0 Å². The summed E-state index contributed by atoms with van der Waals surface area (Å²) in [6, 6.07) is 2.39. The summed E-state index contributed by atoms with van der Waals surface area (Å²) in [6.45, 7) is 5.66. The number of nitrogens with zero attached hydrogens (tertiary/aromatic N) is 3. The van der Waals surface area contributed by atoms with E-state index >= 15 is 0 Å². The van der Waals surface area contributed by atoms with Gasteiger partial charge in [0.15, 0.2) is 0 Å². The molecule has 0 amide bonds.